The SMILES string of the molecule is CN(C)CC1Cc2ccccc2CO1.Cc1ccccc1O. The van der Waals surface area contributed by atoms with Crippen molar-refractivity contribution in [3.8, 4) is 5.75 Å². The zero-order valence-corrected chi connectivity index (χ0v) is 13.6. The number of benzene rings is 2. The Balaban J connectivity index is 0.000000188. The Morgan fingerprint density at radius 3 is 2.27 bits per heavy atom. The summed E-state index contributed by atoms with van der Waals surface area (Å²) >= 11 is 0. The molecule has 1 heterocycles. The first-order valence-corrected chi connectivity index (χ1v) is 7.64. The second kappa shape index (κ2) is 7.97. The third kappa shape index (κ3) is 4.86. The first-order chi connectivity index (χ1) is 10.6. The van der Waals surface area contributed by atoms with E-state index < -0.39 is 0 Å². The largest absolute Gasteiger partial charge is 0.508 e. The fourth-order valence-corrected chi connectivity index (χ4v) is 2.50. The molecule has 1 atom stereocenters. The summed E-state index contributed by atoms with van der Waals surface area (Å²) < 4.78 is 5.77. The molecule has 0 radical (unpaired) electrons. The van der Waals surface area contributed by atoms with Crippen LogP contribution in [0.2, 0.25) is 0 Å². The van der Waals surface area contributed by atoms with E-state index in [1.54, 1.807) is 6.07 Å². The third-order valence-electron chi connectivity index (χ3n) is 3.72. The van der Waals surface area contributed by atoms with Crippen LogP contribution < -0.4 is 0 Å². The molecule has 1 N–H and O–H groups in total. The molecule has 3 heteroatoms. The molecule has 22 heavy (non-hydrogen) atoms. The van der Waals surface area contributed by atoms with Gasteiger partial charge in [-0.3, -0.25) is 0 Å². The first-order valence-electron chi connectivity index (χ1n) is 7.64. The van der Waals surface area contributed by atoms with E-state index in [1.165, 1.54) is 11.1 Å². The summed E-state index contributed by atoms with van der Waals surface area (Å²) in [5.41, 5.74) is 3.72. The number of fused-ring (bicyclic) bond motifs is 1. The average Bonchev–Trinajstić information content (AvgIpc) is 2.50. The van der Waals surface area contributed by atoms with Crippen molar-refractivity contribution >= 4 is 0 Å². The van der Waals surface area contributed by atoms with E-state index in [4.69, 9.17) is 9.84 Å². The topological polar surface area (TPSA) is 32.7 Å². The predicted molar refractivity (Wildman–Crippen MR) is 90.1 cm³/mol. The van der Waals surface area contributed by atoms with Crippen molar-refractivity contribution in [2.75, 3.05) is 20.6 Å². The Morgan fingerprint density at radius 1 is 1.05 bits per heavy atom. The van der Waals surface area contributed by atoms with E-state index in [0.717, 1.165) is 25.1 Å². The lowest BCUT2D eigenvalue weighted by Gasteiger charge is -2.27. The van der Waals surface area contributed by atoms with Crippen molar-refractivity contribution in [2.45, 2.75) is 26.1 Å². The molecule has 0 amide bonds. The van der Waals surface area contributed by atoms with Gasteiger partial charge in [0.1, 0.15) is 5.75 Å². The molecular weight excluding hydrogens is 274 g/mol. The number of likely N-dealkylation sites (N-methyl/N-ethyl adjacent to an activating group) is 1. The molecule has 3 rings (SSSR count). The van der Waals surface area contributed by atoms with Crippen molar-refractivity contribution in [1.29, 1.82) is 0 Å². The highest BCUT2D eigenvalue weighted by Crippen LogP contribution is 2.20. The molecule has 0 bridgehead atoms. The van der Waals surface area contributed by atoms with Crippen LogP contribution in [0.5, 0.6) is 5.75 Å². The van der Waals surface area contributed by atoms with Gasteiger partial charge < -0.3 is 14.7 Å². The second-order valence-corrected chi connectivity index (χ2v) is 5.95. The van der Waals surface area contributed by atoms with Gasteiger partial charge in [0.15, 0.2) is 0 Å². The molecule has 0 fully saturated rings. The molecule has 0 saturated heterocycles. The van der Waals surface area contributed by atoms with Crippen LogP contribution >= 0.6 is 0 Å². The summed E-state index contributed by atoms with van der Waals surface area (Å²) in [7, 11) is 4.17. The molecule has 3 nitrogen and oxygen atoms in total. The molecular formula is C19H25NO2. The minimum atomic E-state index is 0.361. The number of hydrogen-bond acceptors (Lipinski definition) is 3. The number of rotatable bonds is 2. The van der Waals surface area contributed by atoms with E-state index in [1.807, 2.05) is 25.1 Å². The minimum absolute atomic E-state index is 0.361. The number of aryl methyl sites for hydroxylation is 1. The molecule has 118 valence electrons. The van der Waals surface area contributed by atoms with E-state index >= 15 is 0 Å². The number of aromatic hydroxyl groups is 1. The summed E-state index contributed by atoms with van der Waals surface area (Å²) in [4.78, 5) is 2.18. The van der Waals surface area contributed by atoms with E-state index in [0.29, 0.717) is 11.9 Å². The van der Waals surface area contributed by atoms with Gasteiger partial charge in [0, 0.05) is 13.0 Å². The fourth-order valence-electron chi connectivity index (χ4n) is 2.50. The van der Waals surface area contributed by atoms with Crippen LogP contribution in [0.15, 0.2) is 48.5 Å². The van der Waals surface area contributed by atoms with E-state index in [-0.39, 0.29) is 0 Å². The van der Waals surface area contributed by atoms with Gasteiger partial charge in [-0.2, -0.15) is 0 Å². The monoisotopic (exact) mass is 299 g/mol. The number of hydrogen-bond donors (Lipinski definition) is 1. The number of nitrogens with zero attached hydrogens (tertiary/aromatic N) is 1. The highest BCUT2D eigenvalue weighted by Gasteiger charge is 2.18. The van der Waals surface area contributed by atoms with Gasteiger partial charge in [-0.25, -0.2) is 0 Å². The molecule has 1 aliphatic rings. The highest BCUT2D eigenvalue weighted by atomic mass is 16.5. The van der Waals surface area contributed by atoms with Crippen LogP contribution in [0.4, 0.5) is 0 Å². The maximum absolute atomic E-state index is 8.92. The molecule has 2 aromatic rings. The standard InChI is InChI=1S/C12H17NO.C7H8O/c1-13(2)8-12-7-10-5-3-4-6-11(10)9-14-12;1-6-4-2-3-5-7(6)8/h3-6,12H,7-9H2,1-2H3;2-5,8H,1H3. The van der Waals surface area contributed by atoms with Gasteiger partial charge in [0.2, 0.25) is 0 Å². The normalized spacial score (nSPS) is 16.6. The summed E-state index contributed by atoms with van der Waals surface area (Å²) in [5, 5.41) is 8.92. The number of para-hydroxylation sites is 1. The van der Waals surface area contributed by atoms with Gasteiger partial charge in [0.05, 0.1) is 12.7 Å². The summed E-state index contributed by atoms with van der Waals surface area (Å²) in [5.74, 6) is 0.368. The van der Waals surface area contributed by atoms with E-state index in [9.17, 15) is 0 Å². The van der Waals surface area contributed by atoms with Crippen LogP contribution in [0.25, 0.3) is 0 Å². The predicted octanol–water partition coefficient (Wildman–Crippen LogP) is 3.39. The van der Waals surface area contributed by atoms with Crippen molar-refractivity contribution in [1.82, 2.24) is 4.90 Å². The molecule has 0 spiro atoms. The highest BCUT2D eigenvalue weighted by molar-refractivity contribution is 5.30. The average molecular weight is 299 g/mol. The lowest BCUT2D eigenvalue weighted by molar-refractivity contribution is 0.0134. The summed E-state index contributed by atoms with van der Waals surface area (Å²) in [6.07, 6.45) is 1.41. The van der Waals surface area contributed by atoms with Gasteiger partial charge in [-0.05, 0) is 43.8 Å². The van der Waals surface area contributed by atoms with Crippen molar-refractivity contribution in [3.05, 3.63) is 65.2 Å². The molecule has 1 unspecified atom stereocenters. The van der Waals surface area contributed by atoms with Crippen molar-refractivity contribution < 1.29 is 9.84 Å². The van der Waals surface area contributed by atoms with Crippen LogP contribution in [0.3, 0.4) is 0 Å². The van der Waals surface area contributed by atoms with Gasteiger partial charge in [-0.1, -0.05) is 42.5 Å². The van der Waals surface area contributed by atoms with Crippen LogP contribution in [-0.2, 0) is 17.8 Å². The Bertz CT molecular complexity index is 574. The van der Waals surface area contributed by atoms with Crippen molar-refractivity contribution in [3.63, 3.8) is 0 Å². The number of phenols is 1. The smallest absolute Gasteiger partial charge is 0.118 e. The van der Waals surface area contributed by atoms with Crippen LogP contribution in [0, 0.1) is 6.92 Å². The minimum Gasteiger partial charge on any atom is -0.508 e. The Labute approximate surface area is 133 Å². The Morgan fingerprint density at radius 2 is 1.68 bits per heavy atom. The lowest BCUT2D eigenvalue weighted by Crippen LogP contribution is -2.32. The zero-order chi connectivity index (χ0) is 15.9. The molecule has 0 aromatic heterocycles. The molecule has 1 aliphatic heterocycles. The second-order valence-electron chi connectivity index (χ2n) is 5.95. The summed E-state index contributed by atoms with van der Waals surface area (Å²) in [6.45, 7) is 3.65. The van der Waals surface area contributed by atoms with Crippen LogP contribution in [0.1, 0.15) is 16.7 Å². The van der Waals surface area contributed by atoms with Gasteiger partial charge >= 0.3 is 0 Å². The van der Waals surface area contributed by atoms with Crippen molar-refractivity contribution in [2.24, 2.45) is 0 Å². The lowest BCUT2D eigenvalue weighted by atomic mass is 9.99. The van der Waals surface area contributed by atoms with Crippen LogP contribution in [-0.4, -0.2) is 36.8 Å². The molecule has 2 aromatic carbocycles. The number of ether oxygens (including phenoxy) is 1. The number of phenolic OH excluding ortho intramolecular Hbond substituents is 1. The quantitative estimate of drug-likeness (QED) is 0.922. The molecule has 0 aliphatic carbocycles. The first kappa shape index (κ1) is 16.5. The zero-order valence-electron chi connectivity index (χ0n) is 13.6. The van der Waals surface area contributed by atoms with Gasteiger partial charge in [-0.15, -0.1) is 0 Å². The summed E-state index contributed by atoms with van der Waals surface area (Å²) in [6, 6.07) is 15.8. The Hall–Kier alpha value is -1.84. The fraction of sp³-hybridized carbons (Fsp3) is 0.368. The van der Waals surface area contributed by atoms with E-state index in [2.05, 4.69) is 43.3 Å². The van der Waals surface area contributed by atoms with Gasteiger partial charge in [0.25, 0.3) is 0 Å². The molecule has 0 saturated carbocycles. The maximum atomic E-state index is 8.92. The maximum Gasteiger partial charge on any atom is 0.118 e. The Kier molecular flexibility index (Phi) is 5.99. The third-order valence-corrected chi connectivity index (χ3v) is 3.72.